The van der Waals surface area contributed by atoms with Crippen molar-refractivity contribution in [2.45, 2.75) is 31.8 Å². The predicted octanol–water partition coefficient (Wildman–Crippen LogP) is 1.17. The van der Waals surface area contributed by atoms with Gasteiger partial charge in [-0.25, -0.2) is 4.98 Å². The highest BCUT2D eigenvalue weighted by molar-refractivity contribution is 7.09. The van der Waals surface area contributed by atoms with E-state index in [1.54, 1.807) is 0 Å². The van der Waals surface area contributed by atoms with Crippen molar-refractivity contribution in [3.05, 3.63) is 5.82 Å². The molecule has 0 amide bonds. The molecule has 0 bridgehead atoms. The summed E-state index contributed by atoms with van der Waals surface area (Å²) < 4.78 is 4.05. The van der Waals surface area contributed by atoms with Crippen LogP contribution in [0.2, 0.25) is 0 Å². The first-order chi connectivity index (χ1) is 6.18. The van der Waals surface area contributed by atoms with Crippen molar-refractivity contribution in [1.29, 1.82) is 0 Å². The second-order valence-electron chi connectivity index (χ2n) is 3.58. The maximum atomic E-state index is 9.77. The standard InChI is InChI=1S/C8H13N3OS/c1-6-10-7(13-11-6)9-5-8(12)3-2-4-8/h12H,2-5H2,1H3,(H,9,10,11). The molecule has 1 heterocycles. The number of hydrogen-bond donors (Lipinski definition) is 2. The second kappa shape index (κ2) is 3.23. The van der Waals surface area contributed by atoms with Crippen LogP contribution in [0.3, 0.4) is 0 Å². The van der Waals surface area contributed by atoms with Crippen LogP contribution in [0.1, 0.15) is 25.1 Å². The van der Waals surface area contributed by atoms with Crippen molar-refractivity contribution in [1.82, 2.24) is 9.36 Å². The van der Waals surface area contributed by atoms with Crippen molar-refractivity contribution in [2.24, 2.45) is 0 Å². The molecule has 1 saturated carbocycles. The minimum Gasteiger partial charge on any atom is -0.388 e. The van der Waals surface area contributed by atoms with Crippen LogP contribution in [-0.2, 0) is 0 Å². The van der Waals surface area contributed by atoms with Gasteiger partial charge < -0.3 is 10.4 Å². The molecule has 0 atom stereocenters. The molecule has 0 spiro atoms. The Morgan fingerprint density at radius 3 is 2.85 bits per heavy atom. The summed E-state index contributed by atoms with van der Waals surface area (Å²) in [6.45, 7) is 2.46. The molecule has 0 unspecified atom stereocenters. The highest BCUT2D eigenvalue weighted by Crippen LogP contribution is 2.31. The van der Waals surface area contributed by atoms with Crippen LogP contribution in [0.4, 0.5) is 5.13 Å². The zero-order valence-electron chi connectivity index (χ0n) is 7.58. The molecule has 2 N–H and O–H groups in total. The Balaban J connectivity index is 1.85. The van der Waals surface area contributed by atoms with E-state index in [2.05, 4.69) is 14.7 Å². The monoisotopic (exact) mass is 199 g/mol. The number of nitrogens with zero attached hydrogens (tertiary/aromatic N) is 2. The first kappa shape index (κ1) is 8.90. The minimum absolute atomic E-state index is 0.487. The van der Waals surface area contributed by atoms with Crippen molar-refractivity contribution < 1.29 is 5.11 Å². The van der Waals surface area contributed by atoms with Crippen molar-refractivity contribution in [2.75, 3.05) is 11.9 Å². The topological polar surface area (TPSA) is 58.0 Å². The molecule has 72 valence electrons. The van der Waals surface area contributed by atoms with Gasteiger partial charge in [-0.05, 0) is 26.2 Å². The predicted molar refractivity (Wildman–Crippen MR) is 51.9 cm³/mol. The van der Waals surface area contributed by atoms with E-state index in [9.17, 15) is 5.11 Å². The molecule has 2 rings (SSSR count). The summed E-state index contributed by atoms with van der Waals surface area (Å²) >= 11 is 1.34. The lowest BCUT2D eigenvalue weighted by molar-refractivity contribution is -0.0202. The number of hydrogen-bond acceptors (Lipinski definition) is 5. The zero-order valence-corrected chi connectivity index (χ0v) is 8.39. The number of rotatable bonds is 3. The van der Waals surface area contributed by atoms with Gasteiger partial charge >= 0.3 is 0 Å². The van der Waals surface area contributed by atoms with Gasteiger partial charge in [0, 0.05) is 18.1 Å². The minimum atomic E-state index is -0.487. The van der Waals surface area contributed by atoms with E-state index in [1.807, 2.05) is 6.92 Å². The lowest BCUT2D eigenvalue weighted by Crippen LogP contribution is -2.43. The summed E-state index contributed by atoms with van der Waals surface area (Å²) in [5, 5.41) is 13.7. The van der Waals surface area contributed by atoms with Gasteiger partial charge in [0.05, 0.1) is 5.60 Å². The molecule has 1 aliphatic carbocycles. The first-order valence-corrected chi connectivity index (χ1v) is 5.22. The lowest BCUT2D eigenvalue weighted by Gasteiger charge is -2.36. The third kappa shape index (κ3) is 1.97. The van der Waals surface area contributed by atoms with Gasteiger partial charge in [-0.1, -0.05) is 0 Å². The van der Waals surface area contributed by atoms with E-state index in [-0.39, 0.29) is 0 Å². The van der Waals surface area contributed by atoms with Crippen LogP contribution in [-0.4, -0.2) is 26.6 Å². The average Bonchev–Trinajstić information content (AvgIpc) is 2.44. The number of aryl methyl sites for hydroxylation is 1. The number of nitrogens with one attached hydrogen (secondary N) is 1. The Hall–Kier alpha value is -0.680. The van der Waals surface area contributed by atoms with Crippen LogP contribution in [0.25, 0.3) is 0 Å². The van der Waals surface area contributed by atoms with E-state index >= 15 is 0 Å². The molecule has 5 heteroatoms. The van der Waals surface area contributed by atoms with E-state index in [1.165, 1.54) is 11.5 Å². The summed E-state index contributed by atoms with van der Waals surface area (Å²) in [7, 11) is 0. The summed E-state index contributed by atoms with van der Waals surface area (Å²) in [5.41, 5.74) is -0.487. The van der Waals surface area contributed by atoms with Crippen molar-refractivity contribution in [3.8, 4) is 0 Å². The maximum Gasteiger partial charge on any atom is 0.202 e. The van der Waals surface area contributed by atoms with Gasteiger partial charge in [0.25, 0.3) is 0 Å². The first-order valence-electron chi connectivity index (χ1n) is 4.45. The fourth-order valence-electron chi connectivity index (χ4n) is 1.37. The summed E-state index contributed by atoms with van der Waals surface area (Å²) in [6, 6.07) is 0. The second-order valence-corrected chi connectivity index (χ2v) is 4.33. The third-order valence-electron chi connectivity index (χ3n) is 2.38. The molecule has 0 radical (unpaired) electrons. The Morgan fingerprint density at radius 2 is 2.38 bits per heavy atom. The quantitative estimate of drug-likeness (QED) is 0.767. The summed E-state index contributed by atoms with van der Waals surface area (Å²) in [4.78, 5) is 4.16. The molecule has 13 heavy (non-hydrogen) atoms. The zero-order chi connectivity index (χ0) is 9.31. The van der Waals surface area contributed by atoms with E-state index in [0.717, 1.165) is 30.2 Å². The smallest absolute Gasteiger partial charge is 0.202 e. The molecule has 1 aliphatic rings. The maximum absolute atomic E-state index is 9.77. The van der Waals surface area contributed by atoms with E-state index < -0.39 is 5.60 Å². The van der Waals surface area contributed by atoms with E-state index in [4.69, 9.17) is 0 Å². The van der Waals surface area contributed by atoms with Gasteiger partial charge in [-0.2, -0.15) is 4.37 Å². The Morgan fingerprint density at radius 1 is 1.62 bits per heavy atom. The van der Waals surface area contributed by atoms with Crippen LogP contribution in [0.5, 0.6) is 0 Å². The summed E-state index contributed by atoms with van der Waals surface area (Å²) in [5.74, 6) is 0.785. The molecular weight excluding hydrogens is 186 g/mol. The summed E-state index contributed by atoms with van der Waals surface area (Å²) in [6.07, 6.45) is 2.93. The van der Waals surface area contributed by atoms with Gasteiger partial charge in [-0.15, -0.1) is 0 Å². The molecule has 4 nitrogen and oxygen atoms in total. The van der Waals surface area contributed by atoms with Crippen LogP contribution in [0, 0.1) is 6.92 Å². The molecule has 0 aromatic carbocycles. The van der Waals surface area contributed by atoms with Crippen LogP contribution in [0.15, 0.2) is 0 Å². The average molecular weight is 199 g/mol. The molecule has 1 aromatic heterocycles. The van der Waals surface area contributed by atoms with Gasteiger partial charge in [0.2, 0.25) is 5.13 Å². The van der Waals surface area contributed by atoms with Gasteiger partial charge in [0.1, 0.15) is 5.82 Å². The number of aromatic nitrogens is 2. The SMILES string of the molecule is Cc1nsc(NCC2(O)CCC2)n1. The fraction of sp³-hybridized carbons (Fsp3) is 0.750. The van der Waals surface area contributed by atoms with Crippen LogP contribution >= 0.6 is 11.5 Å². The highest BCUT2D eigenvalue weighted by atomic mass is 32.1. The molecular formula is C8H13N3OS. The van der Waals surface area contributed by atoms with Crippen molar-refractivity contribution >= 4 is 16.7 Å². The Kier molecular flexibility index (Phi) is 2.21. The van der Waals surface area contributed by atoms with Gasteiger partial charge in [-0.3, -0.25) is 0 Å². The van der Waals surface area contributed by atoms with Gasteiger partial charge in [0.15, 0.2) is 0 Å². The Labute approximate surface area is 81.2 Å². The van der Waals surface area contributed by atoms with Crippen LogP contribution < -0.4 is 5.32 Å². The lowest BCUT2D eigenvalue weighted by atomic mass is 9.80. The molecule has 0 saturated heterocycles. The largest absolute Gasteiger partial charge is 0.388 e. The molecule has 0 aliphatic heterocycles. The molecule has 1 aromatic rings. The fourth-order valence-corrected chi connectivity index (χ4v) is 1.94. The Bertz CT molecular complexity index is 295. The van der Waals surface area contributed by atoms with Crippen molar-refractivity contribution in [3.63, 3.8) is 0 Å². The van der Waals surface area contributed by atoms with E-state index in [0.29, 0.717) is 6.54 Å². The normalized spacial score (nSPS) is 19.5. The highest BCUT2D eigenvalue weighted by Gasteiger charge is 2.34. The number of anilines is 1. The third-order valence-corrected chi connectivity index (χ3v) is 3.14. The molecule has 1 fully saturated rings. The number of aliphatic hydroxyl groups is 1.